The molecule has 2 aliphatic rings. The highest BCUT2D eigenvalue weighted by Gasteiger charge is 2.41. The van der Waals surface area contributed by atoms with Crippen molar-refractivity contribution in [2.24, 2.45) is 0 Å². The Bertz CT molecular complexity index is 277. The number of nitrogens with zero attached hydrogens (tertiary/aromatic N) is 1. The van der Waals surface area contributed by atoms with Crippen molar-refractivity contribution < 1.29 is 14.3 Å². The van der Waals surface area contributed by atoms with Crippen molar-refractivity contribution in [3.63, 3.8) is 0 Å². The number of ether oxygens (including phenoxy) is 1. The molecule has 0 aromatic rings. The molecule has 14 heavy (non-hydrogen) atoms. The molecule has 0 aromatic carbocycles. The second-order valence-corrected chi connectivity index (χ2v) is 4.13. The Morgan fingerprint density at radius 2 is 2.07 bits per heavy atom. The first kappa shape index (κ1) is 9.65. The van der Waals surface area contributed by atoms with E-state index >= 15 is 0 Å². The number of Topliss-reactive ketones (excluding diaryl/α,β-unsaturated/α-hetero) is 1. The van der Waals surface area contributed by atoms with Crippen molar-refractivity contribution in [3.8, 4) is 0 Å². The molecule has 0 aliphatic carbocycles. The lowest BCUT2D eigenvalue weighted by atomic mass is 10.1. The minimum Gasteiger partial charge on any atom is -0.373 e. The summed E-state index contributed by atoms with van der Waals surface area (Å²) in [5, 5.41) is 0. The maximum absolute atomic E-state index is 11.5. The van der Waals surface area contributed by atoms with Crippen LogP contribution in [0.2, 0.25) is 0 Å². The zero-order valence-corrected chi connectivity index (χ0v) is 8.53. The number of hydrogen-bond donors (Lipinski definition) is 0. The normalized spacial score (nSPS) is 38.4. The van der Waals surface area contributed by atoms with Crippen molar-refractivity contribution in [3.05, 3.63) is 0 Å². The van der Waals surface area contributed by atoms with Gasteiger partial charge in [0.25, 0.3) is 5.91 Å². The van der Waals surface area contributed by atoms with Gasteiger partial charge in [0.05, 0.1) is 18.2 Å². The quantitative estimate of drug-likeness (QED) is 0.570. The van der Waals surface area contributed by atoms with E-state index in [1.54, 1.807) is 4.90 Å². The maximum Gasteiger partial charge on any atom is 0.290 e. The molecule has 3 unspecified atom stereocenters. The van der Waals surface area contributed by atoms with E-state index in [9.17, 15) is 9.59 Å². The topological polar surface area (TPSA) is 46.6 Å². The molecule has 2 heterocycles. The Kier molecular flexibility index (Phi) is 2.31. The van der Waals surface area contributed by atoms with Gasteiger partial charge in [0.15, 0.2) is 0 Å². The molecular formula is C10H15NO3. The van der Waals surface area contributed by atoms with Gasteiger partial charge in [-0.3, -0.25) is 9.59 Å². The first-order chi connectivity index (χ1) is 6.59. The zero-order valence-electron chi connectivity index (χ0n) is 8.53. The number of likely N-dealkylation sites (tertiary alicyclic amines) is 1. The number of carbonyl (C=O) groups is 2. The Labute approximate surface area is 83.2 Å². The molecule has 0 spiro atoms. The number of ketones is 1. The lowest BCUT2D eigenvalue weighted by Crippen LogP contribution is -2.41. The van der Waals surface area contributed by atoms with Crippen LogP contribution >= 0.6 is 0 Å². The summed E-state index contributed by atoms with van der Waals surface area (Å²) in [6.45, 7) is 4.53. The maximum atomic E-state index is 11.5. The summed E-state index contributed by atoms with van der Waals surface area (Å²) in [7, 11) is 0. The molecule has 2 saturated heterocycles. The zero-order chi connectivity index (χ0) is 10.3. The van der Waals surface area contributed by atoms with Crippen LogP contribution in [-0.2, 0) is 14.3 Å². The van der Waals surface area contributed by atoms with E-state index in [2.05, 4.69) is 0 Å². The number of rotatable bonds is 1. The first-order valence-corrected chi connectivity index (χ1v) is 5.09. The Morgan fingerprint density at radius 3 is 2.50 bits per heavy atom. The van der Waals surface area contributed by atoms with E-state index in [0.717, 1.165) is 6.42 Å². The van der Waals surface area contributed by atoms with Gasteiger partial charge in [-0.05, 0) is 20.3 Å². The van der Waals surface area contributed by atoms with E-state index in [-0.39, 0.29) is 29.9 Å². The van der Waals surface area contributed by atoms with E-state index in [0.29, 0.717) is 13.0 Å². The molecule has 0 aromatic heterocycles. The van der Waals surface area contributed by atoms with Crippen molar-refractivity contribution in [2.75, 3.05) is 6.54 Å². The van der Waals surface area contributed by atoms with Crippen LogP contribution in [0.15, 0.2) is 0 Å². The predicted octanol–water partition coefficient (Wildman–Crippen LogP) is 0.354. The van der Waals surface area contributed by atoms with E-state index in [4.69, 9.17) is 4.74 Å². The molecule has 0 radical (unpaired) electrons. The minimum atomic E-state index is -0.320. The van der Waals surface area contributed by atoms with Crippen LogP contribution in [0.25, 0.3) is 0 Å². The monoisotopic (exact) mass is 197 g/mol. The molecule has 0 saturated carbocycles. The molecule has 2 fully saturated rings. The molecule has 2 rings (SSSR count). The van der Waals surface area contributed by atoms with Crippen LogP contribution < -0.4 is 0 Å². The molecular weight excluding hydrogens is 182 g/mol. The van der Waals surface area contributed by atoms with Gasteiger partial charge in [-0.2, -0.15) is 0 Å². The van der Waals surface area contributed by atoms with Gasteiger partial charge in [-0.25, -0.2) is 0 Å². The summed E-state index contributed by atoms with van der Waals surface area (Å²) in [4.78, 5) is 24.2. The molecule has 0 bridgehead atoms. The highest BCUT2D eigenvalue weighted by Crippen LogP contribution is 2.27. The van der Waals surface area contributed by atoms with Gasteiger partial charge in [0, 0.05) is 13.0 Å². The third-order valence-corrected chi connectivity index (χ3v) is 3.04. The third kappa shape index (κ3) is 1.43. The van der Waals surface area contributed by atoms with Gasteiger partial charge in [-0.15, -0.1) is 0 Å². The van der Waals surface area contributed by atoms with Gasteiger partial charge in [-0.1, -0.05) is 0 Å². The van der Waals surface area contributed by atoms with Crippen molar-refractivity contribution >= 4 is 11.7 Å². The molecule has 2 aliphatic heterocycles. The summed E-state index contributed by atoms with van der Waals surface area (Å²) >= 11 is 0. The van der Waals surface area contributed by atoms with Gasteiger partial charge in [0.1, 0.15) is 0 Å². The van der Waals surface area contributed by atoms with E-state index in [1.807, 2.05) is 13.8 Å². The van der Waals surface area contributed by atoms with E-state index in [1.165, 1.54) is 0 Å². The first-order valence-electron chi connectivity index (χ1n) is 5.09. The number of carbonyl (C=O) groups excluding carboxylic acids is 2. The van der Waals surface area contributed by atoms with E-state index < -0.39 is 0 Å². The summed E-state index contributed by atoms with van der Waals surface area (Å²) in [5.41, 5.74) is 0. The third-order valence-electron chi connectivity index (χ3n) is 3.04. The Hall–Kier alpha value is -0.900. The molecule has 0 N–H and O–H groups in total. The minimum absolute atomic E-state index is 0.0554. The number of hydrogen-bond acceptors (Lipinski definition) is 3. The average Bonchev–Trinajstić information content (AvgIpc) is 2.59. The fourth-order valence-corrected chi connectivity index (χ4v) is 2.33. The van der Waals surface area contributed by atoms with Crippen LogP contribution in [0.5, 0.6) is 0 Å². The van der Waals surface area contributed by atoms with Crippen LogP contribution in [0, 0.1) is 0 Å². The second-order valence-electron chi connectivity index (χ2n) is 4.13. The molecule has 1 amide bonds. The van der Waals surface area contributed by atoms with Crippen molar-refractivity contribution in [1.29, 1.82) is 0 Å². The average molecular weight is 197 g/mol. The molecule has 78 valence electrons. The lowest BCUT2D eigenvalue weighted by molar-refractivity contribution is -0.141. The lowest BCUT2D eigenvalue weighted by Gasteiger charge is -2.25. The van der Waals surface area contributed by atoms with Gasteiger partial charge < -0.3 is 9.64 Å². The highest BCUT2D eigenvalue weighted by molar-refractivity contribution is 6.37. The fraction of sp³-hybridized carbons (Fsp3) is 0.800. The second kappa shape index (κ2) is 3.35. The standard InChI is InChI=1S/C10H15NO3/c1-6-5-8(7(2)14-6)11-4-3-9(12)10(11)13/h6-8H,3-5H2,1-2H3. The summed E-state index contributed by atoms with van der Waals surface area (Å²) in [6.07, 6.45) is 1.47. The Morgan fingerprint density at radius 1 is 1.36 bits per heavy atom. The van der Waals surface area contributed by atoms with Crippen LogP contribution in [0.1, 0.15) is 26.7 Å². The smallest absolute Gasteiger partial charge is 0.290 e. The van der Waals surface area contributed by atoms with Gasteiger partial charge in [0.2, 0.25) is 5.78 Å². The summed E-state index contributed by atoms with van der Waals surface area (Å²) in [6, 6.07) is 0.101. The molecule has 4 heteroatoms. The van der Waals surface area contributed by atoms with Crippen LogP contribution in [0.4, 0.5) is 0 Å². The molecule has 3 atom stereocenters. The van der Waals surface area contributed by atoms with Crippen molar-refractivity contribution in [1.82, 2.24) is 4.90 Å². The van der Waals surface area contributed by atoms with Crippen LogP contribution in [-0.4, -0.2) is 41.4 Å². The highest BCUT2D eigenvalue weighted by atomic mass is 16.5. The summed E-state index contributed by atoms with van der Waals surface area (Å²) in [5.74, 6) is -0.573. The van der Waals surface area contributed by atoms with Gasteiger partial charge >= 0.3 is 0 Å². The predicted molar refractivity (Wildman–Crippen MR) is 49.8 cm³/mol. The Balaban J connectivity index is 2.09. The molecule has 4 nitrogen and oxygen atoms in total. The largest absolute Gasteiger partial charge is 0.373 e. The summed E-state index contributed by atoms with van der Waals surface area (Å²) < 4.78 is 5.56. The SMILES string of the molecule is CC1CC(N2CCC(=O)C2=O)C(C)O1. The van der Waals surface area contributed by atoms with Crippen LogP contribution in [0.3, 0.4) is 0 Å². The van der Waals surface area contributed by atoms with Crippen molar-refractivity contribution in [2.45, 2.75) is 44.9 Å². The number of amides is 1. The fourth-order valence-electron chi connectivity index (χ4n) is 2.33.